The van der Waals surface area contributed by atoms with Crippen molar-refractivity contribution in [3.63, 3.8) is 0 Å². The van der Waals surface area contributed by atoms with Crippen LogP contribution in [0.3, 0.4) is 0 Å². The van der Waals surface area contributed by atoms with Gasteiger partial charge in [-0.2, -0.15) is 13.2 Å². The third-order valence-corrected chi connectivity index (χ3v) is 5.05. The van der Waals surface area contributed by atoms with Crippen LogP contribution in [0.1, 0.15) is 45.7 Å². The third-order valence-electron chi connectivity index (χ3n) is 5.05. The number of aliphatic hydroxyl groups is 1. The van der Waals surface area contributed by atoms with Crippen molar-refractivity contribution in [3.8, 4) is 5.75 Å². The van der Waals surface area contributed by atoms with Gasteiger partial charge in [-0.3, -0.25) is 5.48 Å². The molecule has 8 heteroatoms. The fraction of sp³-hybridized carbons (Fsp3) is 0.524. The zero-order chi connectivity index (χ0) is 21.8. The van der Waals surface area contributed by atoms with Crippen molar-refractivity contribution in [2.75, 3.05) is 13.7 Å². The van der Waals surface area contributed by atoms with E-state index in [1.54, 1.807) is 18.2 Å². The van der Waals surface area contributed by atoms with E-state index >= 15 is 0 Å². The van der Waals surface area contributed by atoms with E-state index in [9.17, 15) is 18.3 Å². The van der Waals surface area contributed by atoms with E-state index in [0.29, 0.717) is 24.0 Å². The summed E-state index contributed by atoms with van der Waals surface area (Å²) in [5, 5.41) is 9.68. The van der Waals surface area contributed by atoms with Gasteiger partial charge in [0.1, 0.15) is 11.5 Å². The van der Waals surface area contributed by atoms with Crippen LogP contribution in [0, 0.1) is 10.8 Å². The summed E-state index contributed by atoms with van der Waals surface area (Å²) in [5.74, 6) is -2.32. The second-order valence-corrected chi connectivity index (χ2v) is 9.00. The number of hydrogen-bond acceptors (Lipinski definition) is 5. The summed E-state index contributed by atoms with van der Waals surface area (Å²) in [6, 6.07) is 5.08. The topological polar surface area (TPSA) is 60.0 Å². The van der Waals surface area contributed by atoms with Crippen molar-refractivity contribution < 1.29 is 32.6 Å². The molecule has 0 aromatic heterocycles. The summed E-state index contributed by atoms with van der Waals surface area (Å²) in [4.78, 5) is 4.39. The first-order valence-corrected chi connectivity index (χ1v) is 9.22. The minimum absolute atomic E-state index is 0.0362. The van der Waals surface area contributed by atoms with Gasteiger partial charge in [0.15, 0.2) is 0 Å². The molecular formula is C21H26F3NO4. The van der Waals surface area contributed by atoms with Crippen LogP contribution in [0.4, 0.5) is 13.2 Å². The lowest BCUT2D eigenvalue weighted by Gasteiger charge is -2.31. The van der Waals surface area contributed by atoms with Gasteiger partial charge < -0.3 is 14.6 Å². The molecule has 0 bridgehead atoms. The van der Waals surface area contributed by atoms with Crippen LogP contribution in [0.15, 0.2) is 29.8 Å². The van der Waals surface area contributed by atoms with Crippen LogP contribution in [0.2, 0.25) is 0 Å². The van der Waals surface area contributed by atoms with Gasteiger partial charge >= 0.3 is 12.0 Å². The van der Waals surface area contributed by atoms with Gasteiger partial charge in [0.05, 0.1) is 19.4 Å². The Morgan fingerprint density at radius 3 is 2.34 bits per heavy atom. The second-order valence-electron chi connectivity index (χ2n) is 9.00. The van der Waals surface area contributed by atoms with E-state index in [0.717, 1.165) is 16.9 Å². The molecule has 2 aliphatic rings. The van der Waals surface area contributed by atoms with Crippen molar-refractivity contribution in [1.29, 1.82) is 0 Å². The Bertz CT molecular complexity index is 881. The van der Waals surface area contributed by atoms with Gasteiger partial charge in [0.25, 0.3) is 0 Å². The molecule has 3 rings (SSSR count). The first-order chi connectivity index (χ1) is 13.2. The smallest absolute Gasteiger partial charge is 0.449 e. The number of ether oxygens (including phenoxy) is 2. The summed E-state index contributed by atoms with van der Waals surface area (Å²) < 4.78 is 50.4. The number of hydroxylamine groups is 1. The lowest BCUT2D eigenvalue weighted by atomic mass is 9.71. The average Bonchev–Trinajstić information content (AvgIpc) is 3.14. The third kappa shape index (κ3) is 3.71. The fourth-order valence-corrected chi connectivity index (χ4v) is 4.00. The normalized spacial score (nSPS) is 24.3. The quantitative estimate of drug-likeness (QED) is 0.756. The number of alkyl halides is 3. The SMILES string of the molecule is COc1cc(C2=C(C(C)(C)C)C(C)(C)CO2)ccc1C1=CC(O)(C(F)(F)F)ON1. The lowest BCUT2D eigenvalue weighted by molar-refractivity contribution is -0.345. The number of methoxy groups -OCH3 is 1. The molecule has 2 N–H and O–H groups in total. The number of nitrogens with one attached hydrogen (secondary N) is 1. The van der Waals surface area contributed by atoms with Gasteiger partial charge in [-0.05, 0) is 23.1 Å². The Kier molecular flexibility index (Phi) is 4.95. The van der Waals surface area contributed by atoms with Gasteiger partial charge in [-0.1, -0.05) is 40.7 Å². The molecule has 160 valence electrons. The Balaban J connectivity index is 2.07. The molecule has 2 heterocycles. The number of benzene rings is 1. The standard InChI is InChI=1S/C21H26F3NO4/c1-18(2,3)17-16(28-11-19(17,4)5)12-7-8-13(15(9-12)27-6)14-10-20(26,29-25-14)21(22,23)24/h7-10,25-26H,11H2,1-6H3. The maximum Gasteiger partial charge on any atom is 0.449 e. The molecule has 29 heavy (non-hydrogen) atoms. The largest absolute Gasteiger partial charge is 0.496 e. The first-order valence-electron chi connectivity index (χ1n) is 9.22. The van der Waals surface area contributed by atoms with Crippen LogP contribution in [-0.4, -0.2) is 30.8 Å². The molecule has 5 nitrogen and oxygen atoms in total. The molecule has 2 aliphatic heterocycles. The first kappa shape index (κ1) is 21.5. The molecule has 0 saturated heterocycles. The zero-order valence-corrected chi connectivity index (χ0v) is 17.3. The maximum absolute atomic E-state index is 13.0. The van der Waals surface area contributed by atoms with Crippen molar-refractivity contribution in [1.82, 2.24) is 5.48 Å². The van der Waals surface area contributed by atoms with E-state index in [-0.39, 0.29) is 16.5 Å². The Morgan fingerprint density at radius 1 is 1.17 bits per heavy atom. The van der Waals surface area contributed by atoms with Crippen molar-refractivity contribution in [2.45, 2.75) is 46.6 Å². The molecule has 0 fully saturated rings. The predicted molar refractivity (Wildman–Crippen MR) is 102 cm³/mol. The van der Waals surface area contributed by atoms with Gasteiger partial charge in [0, 0.05) is 22.6 Å². The van der Waals surface area contributed by atoms with Crippen molar-refractivity contribution in [3.05, 3.63) is 41.0 Å². The van der Waals surface area contributed by atoms with Crippen molar-refractivity contribution in [2.24, 2.45) is 10.8 Å². The van der Waals surface area contributed by atoms with Crippen LogP contribution < -0.4 is 10.2 Å². The molecule has 1 aromatic carbocycles. The summed E-state index contributed by atoms with van der Waals surface area (Å²) >= 11 is 0. The molecule has 0 amide bonds. The van der Waals surface area contributed by atoms with Gasteiger partial charge in [0.2, 0.25) is 0 Å². The van der Waals surface area contributed by atoms with Crippen LogP contribution in [-0.2, 0) is 9.57 Å². The van der Waals surface area contributed by atoms with Crippen LogP contribution >= 0.6 is 0 Å². The highest BCUT2D eigenvalue weighted by Gasteiger charge is 2.57. The van der Waals surface area contributed by atoms with E-state index in [4.69, 9.17) is 9.47 Å². The zero-order valence-electron chi connectivity index (χ0n) is 17.3. The summed E-state index contributed by atoms with van der Waals surface area (Å²) in [5.41, 5.74) is 4.09. The molecule has 0 spiro atoms. The fourth-order valence-electron chi connectivity index (χ4n) is 4.00. The number of halogens is 3. The monoisotopic (exact) mass is 413 g/mol. The number of rotatable bonds is 3. The summed E-state index contributed by atoms with van der Waals surface area (Å²) in [7, 11) is 1.42. The predicted octanol–water partition coefficient (Wildman–Crippen LogP) is 4.64. The highest BCUT2D eigenvalue weighted by Crippen LogP contribution is 2.50. The molecule has 1 aromatic rings. The summed E-state index contributed by atoms with van der Waals surface area (Å²) in [6.45, 7) is 11.1. The van der Waals surface area contributed by atoms with Gasteiger partial charge in [-0.15, -0.1) is 0 Å². The minimum Gasteiger partial charge on any atom is -0.496 e. The van der Waals surface area contributed by atoms with Crippen molar-refractivity contribution >= 4 is 11.5 Å². The maximum atomic E-state index is 13.0. The summed E-state index contributed by atoms with van der Waals surface area (Å²) in [6.07, 6.45) is -4.40. The van der Waals surface area contributed by atoms with Crippen LogP contribution in [0.25, 0.3) is 11.5 Å². The lowest BCUT2D eigenvalue weighted by Crippen LogP contribution is -2.45. The van der Waals surface area contributed by atoms with Gasteiger partial charge in [-0.25, -0.2) is 4.84 Å². The van der Waals surface area contributed by atoms with E-state index in [2.05, 4.69) is 44.9 Å². The molecule has 0 saturated carbocycles. The Hall–Kier alpha value is -2.19. The Morgan fingerprint density at radius 2 is 1.83 bits per heavy atom. The molecule has 1 unspecified atom stereocenters. The van der Waals surface area contributed by atoms with E-state index in [1.165, 1.54) is 7.11 Å². The molecular weight excluding hydrogens is 387 g/mol. The van der Waals surface area contributed by atoms with E-state index in [1.807, 2.05) is 0 Å². The second kappa shape index (κ2) is 6.67. The highest BCUT2D eigenvalue weighted by molar-refractivity contribution is 5.75. The van der Waals surface area contributed by atoms with Crippen LogP contribution in [0.5, 0.6) is 5.75 Å². The highest BCUT2D eigenvalue weighted by atomic mass is 19.4. The number of hydrogen-bond donors (Lipinski definition) is 2. The van der Waals surface area contributed by atoms with E-state index < -0.39 is 12.0 Å². The molecule has 0 aliphatic carbocycles. The molecule has 0 radical (unpaired) electrons. The average molecular weight is 413 g/mol. The molecule has 1 atom stereocenters. The Labute approximate surface area is 168 Å². The minimum atomic E-state index is -4.98.